The van der Waals surface area contributed by atoms with Gasteiger partial charge in [-0.05, 0) is 24.0 Å². The van der Waals surface area contributed by atoms with Crippen LogP contribution in [0.25, 0.3) is 0 Å². The Hall–Kier alpha value is -1.72. The third kappa shape index (κ3) is 2.91. The first-order valence-electron chi connectivity index (χ1n) is 7.70. The summed E-state index contributed by atoms with van der Waals surface area (Å²) in [6.45, 7) is 1.01. The highest BCUT2D eigenvalue weighted by Crippen LogP contribution is 2.40. The van der Waals surface area contributed by atoms with Crippen LogP contribution in [0.5, 0.6) is 0 Å². The Morgan fingerprint density at radius 3 is 2.95 bits per heavy atom. The van der Waals surface area contributed by atoms with E-state index in [0.717, 1.165) is 5.01 Å². The van der Waals surface area contributed by atoms with Crippen molar-refractivity contribution in [2.45, 2.75) is 44.4 Å². The molecule has 4 rings (SSSR count). The van der Waals surface area contributed by atoms with Crippen molar-refractivity contribution in [3.8, 4) is 0 Å². The van der Waals surface area contributed by atoms with E-state index in [0.29, 0.717) is 25.5 Å². The highest BCUT2D eigenvalue weighted by Gasteiger charge is 2.27. The molecule has 1 unspecified atom stereocenters. The number of ether oxygens (including phenoxy) is 1. The molecular formula is C17H18N2O2S. The molecule has 1 N–H and O–H groups in total. The van der Waals surface area contributed by atoms with E-state index in [-0.39, 0.29) is 5.91 Å². The average molecular weight is 314 g/mol. The molecule has 1 saturated carbocycles. The van der Waals surface area contributed by atoms with Gasteiger partial charge in [0.05, 0.1) is 18.8 Å². The van der Waals surface area contributed by atoms with E-state index < -0.39 is 6.10 Å². The third-order valence-corrected chi connectivity index (χ3v) is 5.10. The summed E-state index contributed by atoms with van der Waals surface area (Å²) in [5.41, 5.74) is 3.58. The molecule has 1 amide bonds. The van der Waals surface area contributed by atoms with Crippen LogP contribution in [0.1, 0.15) is 40.6 Å². The summed E-state index contributed by atoms with van der Waals surface area (Å²) >= 11 is 1.63. The zero-order chi connectivity index (χ0) is 14.9. The minimum absolute atomic E-state index is 0.0438. The molecule has 0 spiro atoms. The fourth-order valence-electron chi connectivity index (χ4n) is 2.76. The maximum atomic E-state index is 12.3. The monoisotopic (exact) mass is 314 g/mol. The summed E-state index contributed by atoms with van der Waals surface area (Å²) in [4.78, 5) is 16.9. The molecule has 4 nitrogen and oxygen atoms in total. The van der Waals surface area contributed by atoms with Crippen molar-refractivity contribution in [2.75, 3.05) is 0 Å². The molecule has 114 valence electrons. The quantitative estimate of drug-likeness (QED) is 0.944. The second kappa shape index (κ2) is 5.82. The van der Waals surface area contributed by atoms with E-state index in [2.05, 4.69) is 27.8 Å². The number of rotatable bonds is 4. The van der Waals surface area contributed by atoms with Gasteiger partial charge in [0, 0.05) is 17.7 Å². The van der Waals surface area contributed by atoms with Gasteiger partial charge >= 0.3 is 0 Å². The van der Waals surface area contributed by atoms with Gasteiger partial charge in [0.15, 0.2) is 0 Å². The first-order valence-corrected chi connectivity index (χ1v) is 8.58. The van der Waals surface area contributed by atoms with Gasteiger partial charge < -0.3 is 10.1 Å². The second-order valence-electron chi connectivity index (χ2n) is 5.93. The maximum Gasteiger partial charge on any atom is 0.249 e. The van der Waals surface area contributed by atoms with Gasteiger partial charge in [0.25, 0.3) is 0 Å². The number of thiazole rings is 1. The van der Waals surface area contributed by atoms with Gasteiger partial charge in [-0.25, -0.2) is 4.98 Å². The molecular weight excluding hydrogens is 296 g/mol. The highest BCUT2D eigenvalue weighted by molar-refractivity contribution is 7.09. The summed E-state index contributed by atoms with van der Waals surface area (Å²) in [7, 11) is 0. The Bertz CT molecular complexity index is 693. The van der Waals surface area contributed by atoms with Gasteiger partial charge in [0.2, 0.25) is 5.91 Å². The molecule has 1 aromatic carbocycles. The Morgan fingerprint density at radius 1 is 1.32 bits per heavy atom. The predicted molar refractivity (Wildman–Crippen MR) is 84.7 cm³/mol. The van der Waals surface area contributed by atoms with E-state index in [1.54, 1.807) is 11.3 Å². The predicted octanol–water partition coefficient (Wildman–Crippen LogP) is 2.78. The zero-order valence-electron chi connectivity index (χ0n) is 12.2. The van der Waals surface area contributed by atoms with Crippen molar-refractivity contribution >= 4 is 17.2 Å². The summed E-state index contributed by atoms with van der Waals surface area (Å²) < 4.78 is 5.68. The first-order chi connectivity index (χ1) is 10.8. The topological polar surface area (TPSA) is 51.2 Å². The Morgan fingerprint density at radius 2 is 2.14 bits per heavy atom. The van der Waals surface area contributed by atoms with Crippen LogP contribution >= 0.6 is 11.3 Å². The molecule has 0 radical (unpaired) electrons. The van der Waals surface area contributed by atoms with Gasteiger partial charge in [-0.1, -0.05) is 24.3 Å². The summed E-state index contributed by atoms with van der Waals surface area (Å²) in [6.07, 6.45) is 2.76. The minimum atomic E-state index is -0.391. The standard InChI is InChI=1S/C17H18N2O2S/c20-17(15-7-12-3-1-2-4-13(12)9-21-15)18-8-16-19-14(10-22-16)11-5-6-11/h1-4,10-11,15H,5-9H2,(H,18,20). The molecule has 22 heavy (non-hydrogen) atoms. The smallest absolute Gasteiger partial charge is 0.249 e. The van der Waals surface area contributed by atoms with Crippen molar-refractivity contribution in [1.29, 1.82) is 0 Å². The van der Waals surface area contributed by atoms with Crippen molar-refractivity contribution in [2.24, 2.45) is 0 Å². The van der Waals surface area contributed by atoms with Crippen molar-refractivity contribution in [3.05, 3.63) is 51.5 Å². The van der Waals surface area contributed by atoms with Gasteiger partial charge in [-0.2, -0.15) is 0 Å². The van der Waals surface area contributed by atoms with E-state index in [1.807, 2.05) is 12.1 Å². The number of carbonyl (C=O) groups excluding carboxylic acids is 1. The largest absolute Gasteiger partial charge is 0.363 e. The van der Waals surface area contributed by atoms with Gasteiger partial charge in [-0.3, -0.25) is 4.79 Å². The Labute approximate surface area is 133 Å². The molecule has 5 heteroatoms. The molecule has 1 fully saturated rings. The molecule has 0 saturated heterocycles. The minimum Gasteiger partial charge on any atom is -0.363 e. The lowest BCUT2D eigenvalue weighted by Gasteiger charge is -2.24. The van der Waals surface area contributed by atoms with Crippen LogP contribution in [0.2, 0.25) is 0 Å². The summed E-state index contributed by atoms with van der Waals surface area (Å²) in [5.74, 6) is 0.622. The molecule has 0 bridgehead atoms. The second-order valence-corrected chi connectivity index (χ2v) is 6.87. The molecule has 2 aromatic rings. The summed E-state index contributed by atoms with van der Waals surface area (Å²) in [5, 5.41) is 6.05. The molecule has 1 atom stereocenters. The first kappa shape index (κ1) is 13.9. The van der Waals surface area contributed by atoms with Crippen LogP contribution in [-0.4, -0.2) is 17.0 Å². The lowest BCUT2D eigenvalue weighted by atomic mass is 9.99. The SMILES string of the molecule is O=C(NCc1nc(C2CC2)cs1)C1Cc2ccccc2CO1. The third-order valence-electron chi connectivity index (χ3n) is 4.24. The van der Waals surface area contributed by atoms with E-state index in [9.17, 15) is 4.79 Å². The number of hydrogen-bond acceptors (Lipinski definition) is 4. The highest BCUT2D eigenvalue weighted by atomic mass is 32.1. The Kier molecular flexibility index (Phi) is 3.68. The number of fused-ring (bicyclic) bond motifs is 1. The van der Waals surface area contributed by atoms with Crippen molar-refractivity contribution in [1.82, 2.24) is 10.3 Å². The lowest BCUT2D eigenvalue weighted by molar-refractivity contribution is -0.134. The maximum absolute atomic E-state index is 12.3. The molecule has 1 aliphatic carbocycles. The average Bonchev–Trinajstić information content (AvgIpc) is 3.31. The van der Waals surface area contributed by atoms with Crippen LogP contribution in [-0.2, 0) is 29.1 Å². The van der Waals surface area contributed by atoms with E-state index in [4.69, 9.17) is 4.74 Å². The number of hydrogen-bond donors (Lipinski definition) is 1. The molecule has 1 aliphatic heterocycles. The van der Waals surface area contributed by atoms with Crippen molar-refractivity contribution in [3.63, 3.8) is 0 Å². The number of benzene rings is 1. The van der Waals surface area contributed by atoms with Crippen LogP contribution in [0.15, 0.2) is 29.6 Å². The van der Waals surface area contributed by atoms with Crippen LogP contribution in [0, 0.1) is 0 Å². The van der Waals surface area contributed by atoms with Gasteiger partial charge in [0.1, 0.15) is 11.1 Å². The number of nitrogens with one attached hydrogen (secondary N) is 1. The normalized spacial score (nSPS) is 20.5. The number of amides is 1. The van der Waals surface area contributed by atoms with Crippen LogP contribution in [0.3, 0.4) is 0 Å². The van der Waals surface area contributed by atoms with Gasteiger partial charge in [-0.15, -0.1) is 11.3 Å². The van der Waals surface area contributed by atoms with Crippen LogP contribution < -0.4 is 5.32 Å². The number of nitrogens with zero attached hydrogens (tertiary/aromatic N) is 1. The Balaban J connectivity index is 1.34. The molecule has 2 heterocycles. The molecule has 2 aliphatic rings. The lowest BCUT2D eigenvalue weighted by Crippen LogP contribution is -2.39. The molecule has 1 aromatic heterocycles. The fraction of sp³-hybridized carbons (Fsp3) is 0.412. The number of carbonyl (C=O) groups is 1. The van der Waals surface area contributed by atoms with Crippen molar-refractivity contribution < 1.29 is 9.53 Å². The fourth-order valence-corrected chi connectivity index (χ4v) is 3.58. The zero-order valence-corrected chi connectivity index (χ0v) is 13.1. The summed E-state index contributed by atoms with van der Waals surface area (Å²) in [6, 6.07) is 8.13. The van der Waals surface area contributed by atoms with Crippen LogP contribution in [0.4, 0.5) is 0 Å². The number of aromatic nitrogens is 1. The van der Waals surface area contributed by atoms with E-state index >= 15 is 0 Å². The van der Waals surface area contributed by atoms with E-state index in [1.165, 1.54) is 29.7 Å².